The molecule has 3 rings (SSSR count). The van der Waals surface area contributed by atoms with Crippen LogP contribution >= 0.6 is 0 Å². The lowest BCUT2D eigenvalue weighted by atomic mass is 10.2. The molecule has 176 valence electrons. The summed E-state index contributed by atoms with van der Waals surface area (Å²) in [7, 11) is -1.83. The Kier molecular flexibility index (Phi) is 8.78. The van der Waals surface area contributed by atoms with E-state index in [9.17, 15) is 8.42 Å². The van der Waals surface area contributed by atoms with Crippen molar-refractivity contribution in [1.29, 1.82) is 0 Å². The fraction of sp³-hybridized carbons (Fsp3) is 0.500. The molecule has 0 amide bonds. The standard InChI is InChI=1S/C24H35N3O4S/c1-20(2)19-31-23-9-11-24(12-10-23)32(28,29)25-13-4-14-26-15-17-27(18-16-26)21-5-7-22(30-3)8-6-21/h5-12,20,25H,4,13-19H2,1-3H3. The molecule has 0 aromatic heterocycles. The van der Waals surface area contributed by atoms with E-state index in [2.05, 4.69) is 40.5 Å². The molecule has 1 N–H and O–H groups in total. The number of hydrogen-bond acceptors (Lipinski definition) is 6. The van der Waals surface area contributed by atoms with E-state index in [4.69, 9.17) is 9.47 Å². The van der Waals surface area contributed by atoms with Crippen molar-refractivity contribution in [2.75, 3.05) is 57.9 Å². The normalized spacial score (nSPS) is 15.2. The van der Waals surface area contributed by atoms with Crippen LogP contribution in [0.2, 0.25) is 0 Å². The van der Waals surface area contributed by atoms with Gasteiger partial charge in [-0.15, -0.1) is 0 Å². The molecule has 8 heteroatoms. The minimum Gasteiger partial charge on any atom is -0.497 e. The highest BCUT2D eigenvalue weighted by atomic mass is 32.2. The summed E-state index contributed by atoms with van der Waals surface area (Å²) in [5.74, 6) is 1.97. The maximum Gasteiger partial charge on any atom is 0.240 e. The van der Waals surface area contributed by atoms with E-state index >= 15 is 0 Å². The van der Waals surface area contributed by atoms with Crippen LogP contribution in [0.15, 0.2) is 53.4 Å². The smallest absolute Gasteiger partial charge is 0.240 e. The van der Waals surface area contributed by atoms with Crippen molar-refractivity contribution in [2.24, 2.45) is 5.92 Å². The molecule has 2 aromatic carbocycles. The molecule has 7 nitrogen and oxygen atoms in total. The molecule has 0 unspecified atom stereocenters. The summed E-state index contributed by atoms with van der Waals surface area (Å²) >= 11 is 0. The summed E-state index contributed by atoms with van der Waals surface area (Å²) in [6.07, 6.45) is 0.775. The van der Waals surface area contributed by atoms with Gasteiger partial charge in [0.15, 0.2) is 0 Å². The average Bonchev–Trinajstić information content (AvgIpc) is 2.81. The Hall–Kier alpha value is -2.29. The van der Waals surface area contributed by atoms with Crippen LogP contribution in [0.1, 0.15) is 20.3 Å². The predicted octanol–water partition coefficient (Wildman–Crippen LogP) is 3.22. The molecule has 1 saturated heterocycles. The number of rotatable bonds is 11. The Morgan fingerprint density at radius 2 is 1.56 bits per heavy atom. The second kappa shape index (κ2) is 11.5. The van der Waals surface area contributed by atoms with Gasteiger partial charge < -0.3 is 14.4 Å². The Balaban J connectivity index is 1.37. The molecule has 1 fully saturated rings. The average molecular weight is 462 g/mol. The van der Waals surface area contributed by atoms with Gasteiger partial charge in [0, 0.05) is 38.4 Å². The summed E-state index contributed by atoms with van der Waals surface area (Å²) in [6, 6.07) is 14.8. The highest BCUT2D eigenvalue weighted by Gasteiger charge is 2.18. The van der Waals surface area contributed by atoms with Crippen LogP contribution in [-0.2, 0) is 10.0 Å². The van der Waals surface area contributed by atoms with Gasteiger partial charge in [0.1, 0.15) is 11.5 Å². The molecule has 32 heavy (non-hydrogen) atoms. The Morgan fingerprint density at radius 1 is 0.938 bits per heavy atom. The molecule has 1 heterocycles. The maximum atomic E-state index is 12.5. The largest absolute Gasteiger partial charge is 0.497 e. The number of ether oxygens (including phenoxy) is 2. The third kappa shape index (κ3) is 7.12. The van der Waals surface area contributed by atoms with Crippen LogP contribution in [0.5, 0.6) is 11.5 Å². The minimum atomic E-state index is -3.50. The zero-order valence-electron chi connectivity index (χ0n) is 19.3. The zero-order chi connectivity index (χ0) is 23.0. The van der Waals surface area contributed by atoms with Crippen molar-refractivity contribution in [1.82, 2.24) is 9.62 Å². The van der Waals surface area contributed by atoms with E-state index in [1.165, 1.54) is 5.69 Å². The van der Waals surface area contributed by atoms with Gasteiger partial charge in [-0.2, -0.15) is 0 Å². The molecule has 0 bridgehead atoms. The second-order valence-corrected chi connectivity index (χ2v) is 10.2. The van der Waals surface area contributed by atoms with Crippen LogP contribution in [-0.4, -0.2) is 66.3 Å². The van der Waals surface area contributed by atoms with E-state index in [1.807, 2.05) is 12.1 Å². The quantitative estimate of drug-likeness (QED) is 0.518. The van der Waals surface area contributed by atoms with Crippen molar-refractivity contribution in [3.63, 3.8) is 0 Å². The minimum absolute atomic E-state index is 0.266. The lowest BCUT2D eigenvalue weighted by molar-refractivity contribution is 0.255. The Bertz CT molecular complexity index is 923. The zero-order valence-corrected chi connectivity index (χ0v) is 20.1. The van der Waals surface area contributed by atoms with Crippen molar-refractivity contribution >= 4 is 15.7 Å². The molecule has 1 aliphatic heterocycles. The maximum absolute atomic E-state index is 12.5. The number of anilines is 1. The first-order chi connectivity index (χ1) is 15.4. The topological polar surface area (TPSA) is 71.1 Å². The predicted molar refractivity (Wildman–Crippen MR) is 128 cm³/mol. The number of nitrogens with zero attached hydrogens (tertiary/aromatic N) is 2. The van der Waals surface area contributed by atoms with Crippen LogP contribution in [0.25, 0.3) is 0 Å². The van der Waals surface area contributed by atoms with Crippen molar-refractivity contribution in [3.05, 3.63) is 48.5 Å². The number of sulfonamides is 1. The molecular formula is C24H35N3O4S. The van der Waals surface area contributed by atoms with E-state index in [1.54, 1.807) is 31.4 Å². The molecule has 1 aliphatic rings. The molecule has 0 spiro atoms. The van der Waals surface area contributed by atoms with E-state index in [-0.39, 0.29) is 4.90 Å². The number of methoxy groups -OCH3 is 1. The third-order valence-electron chi connectivity index (χ3n) is 5.47. The number of benzene rings is 2. The summed E-state index contributed by atoms with van der Waals surface area (Å²) in [5.41, 5.74) is 1.21. The summed E-state index contributed by atoms with van der Waals surface area (Å²) < 4.78 is 38.6. The second-order valence-electron chi connectivity index (χ2n) is 8.45. The first-order valence-electron chi connectivity index (χ1n) is 11.2. The fourth-order valence-corrected chi connectivity index (χ4v) is 4.67. The third-order valence-corrected chi connectivity index (χ3v) is 6.95. The van der Waals surface area contributed by atoms with Crippen molar-refractivity contribution in [2.45, 2.75) is 25.2 Å². The van der Waals surface area contributed by atoms with Gasteiger partial charge in [-0.05, 0) is 67.4 Å². The number of piperazine rings is 1. The van der Waals surface area contributed by atoms with Gasteiger partial charge in [0.25, 0.3) is 0 Å². The van der Waals surface area contributed by atoms with E-state index < -0.39 is 10.0 Å². The highest BCUT2D eigenvalue weighted by molar-refractivity contribution is 7.89. The van der Waals surface area contributed by atoms with Gasteiger partial charge in [-0.1, -0.05) is 13.8 Å². The molecule has 0 aliphatic carbocycles. The van der Waals surface area contributed by atoms with E-state index in [0.717, 1.165) is 44.9 Å². The van der Waals surface area contributed by atoms with Crippen LogP contribution in [0.3, 0.4) is 0 Å². The van der Waals surface area contributed by atoms with Gasteiger partial charge in [0.05, 0.1) is 18.6 Å². The van der Waals surface area contributed by atoms with Gasteiger partial charge in [-0.25, -0.2) is 13.1 Å². The monoisotopic (exact) mass is 461 g/mol. The van der Waals surface area contributed by atoms with Crippen LogP contribution < -0.4 is 19.1 Å². The number of hydrogen-bond donors (Lipinski definition) is 1. The van der Waals surface area contributed by atoms with Crippen LogP contribution in [0.4, 0.5) is 5.69 Å². The fourth-order valence-electron chi connectivity index (χ4n) is 3.59. The lowest BCUT2D eigenvalue weighted by Crippen LogP contribution is -2.47. The van der Waals surface area contributed by atoms with E-state index in [0.29, 0.717) is 24.8 Å². The highest BCUT2D eigenvalue weighted by Crippen LogP contribution is 2.20. The molecule has 0 radical (unpaired) electrons. The Labute approximate surface area is 192 Å². The van der Waals surface area contributed by atoms with Gasteiger partial charge in [-0.3, -0.25) is 4.90 Å². The number of nitrogens with one attached hydrogen (secondary N) is 1. The first kappa shape index (κ1) is 24.4. The molecule has 0 saturated carbocycles. The Morgan fingerprint density at radius 3 is 2.16 bits per heavy atom. The van der Waals surface area contributed by atoms with Crippen molar-refractivity contribution < 1.29 is 17.9 Å². The van der Waals surface area contributed by atoms with Gasteiger partial charge >= 0.3 is 0 Å². The van der Waals surface area contributed by atoms with Gasteiger partial charge in [0.2, 0.25) is 10.0 Å². The summed E-state index contributed by atoms with van der Waals surface area (Å²) in [4.78, 5) is 5.02. The van der Waals surface area contributed by atoms with Crippen molar-refractivity contribution in [3.8, 4) is 11.5 Å². The molecule has 2 aromatic rings. The molecular weight excluding hydrogens is 426 g/mol. The SMILES string of the molecule is COc1ccc(N2CCN(CCCNS(=O)(=O)c3ccc(OCC(C)C)cc3)CC2)cc1. The summed E-state index contributed by atoms with van der Waals surface area (Å²) in [6.45, 7) is 9.92. The molecule has 0 atom stereocenters. The lowest BCUT2D eigenvalue weighted by Gasteiger charge is -2.36. The van der Waals surface area contributed by atoms with Crippen LogP contribution in [0, 0.1) is 5.92 Å². The summed E-state index contributed by atoms with van der Waals surface area (Å²) in [5, 5.41) is 0. The first-order valence-corrected chi connectivity index (χ1v) is 12.7.